The van der Waals surface area contributed by atoms with Crippen LogP contribution in [-0.4, -0.2) is 18.8 Å². The molecule has 0 N–H and O–H groups in total. The van der Waals surface area contributed by atoms with Gasteiger partial charge in [0, 0.05) is 0 Å². The van der Waals surface area contributed by atoms with Crippen LogP contribution in [0.5, 0.6) is 5.75 Å². The Balaban J connectivity index is 1.73. The summed E-state index contributed by atoms with van der Waals surface area (Å²) in [7, 11) is 1.73. The van der Waals surface area contributed by atoms with E-state index >= 15 is 0 Å². The van der Waals surface area contributed by atoms with Gasteiger partial charge in [0.1, 0.15) is 5.75 Å². The Morgan fingerprint density at radius 2 is 1.80 bits per heavy atom. The summed E-state index contributed by atoms with van der Waals surface area (Å²) in [6.45, 7) is 10.9. The van der Waals surface area contributed by atoms with E-state index in [1.54, 1.807) is 7.11 Å². The van der Waals surface area contributed by atoms with Crippen LogP contribution in [0.15, 0.2) is 41.5 Å². The SMILES string of the molecule is COc1cc(C)cc(C/C=C(\C)CC/C=C(\C)CCC2OC2(C)C)c1. The van der Waals surface area contributed by atoms with Crippen LogP contribution in [0.25, 0.3) is 0 Å². The molecule has 1 aromatic rings. The lowest BCUT2D eigenvalue weighted by Crippen LogP contribution is -2.02. The van der Waals surface area contributed by atoms with Gasteiger partial charge in [0.25, 0.3) is 0 Å². The van der Waals surface area contributed by atoms with E-state index in [0.29, 0.717) is 6.10 Å². The number of aryl methyl sites for hydroxylation is 1. The number of epoxide rings is 1. The van der Waals surface area contributed by atoms with Gasteiger partial charge in [-0.15, -0.1) is 0 Å². The number of allylic oxidation sites excluding steroid dienone is 4. The molecule has 25 heavy (non-hydrogen) atoms. The summed E-state index contributed by atoms with van der Waals surface area (Å²) in [6.07, 6.45) is 10.7. The molecule has 1 aromatic carbocycles. The van der Waals surface area contributed by atoms with E-state index in [-0.39, 0.29) is 5.60 Å². The second-order valence-electron chi connectivity index (χ2n) is 7.95. The van der Waals surface area contributed by atoms with Crippen LogP contribution in [0, 0.1) is 6.92 Å². The van der Waals surface area contributed by atoms with Crippen molar-refractivity contribution in [1.82, 2.24) is 0 Å². The van der Waals surface area contributed by atoms with Crippen LogP contribution in [0.2, 0.25) is 0 Å². The largest absolute Gasteiger partial charge is 0.497 e. The number of hydrogen-bond acceptors (Lipinski definition) is 2. The molecule has 2 heteroatoms. The monoisotopic (exact) mass is 342 g/mol. The van der Waals surface area contributed by atoms with Gasteiger partial charge < -0.3 is 9.47 Å². The summed E-state index contributed by atoms with van der Waals surface area (Å²) < 4.78 is 11.0. The number of benzene rings is 1. The van der Waals surface area contributed by atoms with Crippen molar-refractivity contribution >= 4 is 0 Å². The van der Waals surface area contributed by atoms with Crippen LogP contribution >= 0.6 is 0 Å². The number of methoxy groups -OCH3 is 1. The van der Waals surface area contributed by atoms with Crippen LogP contribution in [0.4, 0.5) is 0 Å². The summed E-state index contributed by atoms with van der Waals surface area (Å²) >= 11 is 0. The van der Waals surface area contributed by atoms with Gasteiger partial charge in [0.15, 0.2) is 0 Å². The molecule has 1 fully saturated rings. The molecular weight excluding hydrogens is 308 g/mol. The summed E-state index contributed by atoms with van der Waals surface area (Å²) in [5.74, 6) is 0.947. The van der Waals surface area contributed by atoms with Crippen molar-refractivity contribution in [3.63, 3.8) is 0 Å². The zero-order chi connectivity index (χ0) is 18.4. The summed E-state index contributed by atoms with van der Waals surface area (Å²) in [4.78, 5) is 0. The lowest BCUT2D eigenvalue weighted by atomic mass is 10.0. The molecule has 0 spiro atoms. The Morgan fingerprint density at radius 3 is 2.44 bits per heavy atom. The van der Waals surface area contributed by atoms with Gasteiger partial charge in [0.05, 0.1) is 18.8 Å². The van der Waals surface area contributed by atoms with Crippen molar-refractivity contribution in [1.29, 1.82) is 0 Å². The maximum Gasteiger partial charge on any atom is 0.119 e. The van der Waals surface area contributed by atoms with Crippen molar-refractivity contribution in [2.75, 3.05) is 7.11 Å². The molecule has 1 atom stereocenters. The topological polar surface area (TPSA) is 21.8 Å². The van der Waals surface area contributed by atoms with Crippen molar-refractivity contribution in [2.45, 2.75) is 78.4 Å². The summed E-state index contributed by atoms with van der Waals surface area (Å²) in [5.41, 5.74) is 5.63. The lowest BCUT2D eigenvalue weighted by molar-refractivity contribution is 0.320. The van der Waals surface area contributed by atoms with Gasteiger partial charge in [-0.25, -0.2) is 0 Å². The minimum Gasteiger partial charge on any atom is -0.497 e. The first kappa shape index (κ1) is 19.8. The highest BCUT2D eigenvalue weighted by Gasteiger charge is 2.46. The minimum atomic E-state index is 0.123. The number of hydrogen-bond donors (Lipinski definition) is 0. The van der Waals surface area contributed by atoms with Crippen LogP contribution in [0.3, 0.4) is 0 Å². The summed E-state index contributed by atoms with van der Waals surface area (Å²) in [5, 5.41) is 0. The van der Waals surface area contributed by atoms with Crippen molar-refractivity contribution in [3.8, 4) is 5.75 Å². The smallest absolute Gasteiger partial charge is 0.119 e. The Bertz CT molecular complexity index is 637. The van der Waals surface area contributed by atoms with Crippen LogP contribution in [-0.2, 0) is 11.2 Å². The van der Waals surface area contributed by atoms with Crippen LogP contribution in [0.1, 0.15) is 64.5 Å². The standard InChI is InChI=1S/C23H34O2/c1-17(10-12-20-14-19(3)15-21(16-20)24-6)8-7-9-18(2)11-13-22-23(4,5)25-22/h9-10,14-16,22H,7-8,11-13H2,1-6H3/b17-10+,18-9+. The molecule has 138 valence electrons. The lowest BCUT2D eigenvalue weighted by Gasteiger charge is -2.06. The van der Waals surface area contributed by atoms with E-state index in [0.717, 1.165) is 37.9 Å². The zero-order valence-electron chi connectivity index (χ0n) is 16.8. The van der Waals surface area contributed by atoms with Crippen molar-refractivity contribution in [2.24, 2.45) is 0 Å². The van der Waals surface area contributed by atoms with E-state index in [9.17, 15) is 0 Å². The van der Waals surface area contributed by atoms with E-state index in [4.69, 9.17) is 9.47 Å². The maximum atomic E-state index is 5.65. The zero-order valence-corrected chi connectivity index (χ0v) is 16.8. The third-order valence-electron chi connectivity index (χ3n) is 5.03. The fourth-order valence-corrected chi connectivity index (χ4v) is 3.20. The molecule has 0 aliphatic carbocycles. The van der Waals surface area contributed by atoms with Crippen molar-refractivity contribution in [3.05, 3.63) is 52.6 Å². The molecule has 1 heterocycles. The highest BCUT2D eigenvalue weighted by Crippen LogP contribution is 2.38. The van der Waals surface area contributed by atoms with E-state index in [2.05, 4.69) is 65.0 Å². The minimum absolute atomic E-state index is 0.123. The van der Waals surface area contributed by atoms with Gasteiger partial charge in [0.2, 0.25) is 0 Å². The van der Waals surface area contributed by atoms with E-state index in [1.807, 2.05) is 0 Å². The average molecular weight is 343 g/mol. The molecule has 0 saturated carbocycles. The van der Waals surface area contributed by atoms with E-state index in [1.165, 1.54) is 22.3 Å². The third-order valence-corrected chi connectivity index (χ3v) is 5.03. The molecule has 1 unspecified atom stereocenters. The van der Waals surface area contributed by atoms with Gasteiger partial charge in [-0.1, -0.05) is 29.4 Å². The quantitative estimate of drug-likeness (QED) is 0.395. The second-order valence-corrected chi connectivity index (χ2v) is 7.95. The highest BCUT2D eigenvalue weighted by molar-refractivity contribution is 5.35. The number of ether oxygens (including phenoxy) is 2. The fourth-order valence-electron chi connectivity index (χ4n) is 3.20. The average Bonchev–Trinajstić information content (AvgIpc) is 3.17. The van der Waals surface area contributed by atoms with Gasteiger partial charge >= 0.3 is 0 Å². The maximum absolute atomic E-state index is 5.65. The molecule has 2 rings (SSSR count). The first-order valence-electron chi connectivity index (χ1n) is 9.44. The van der Waals surface area contributed by atoms with Gasteiger partial charge in [-0.05, 0) is 90.0 Å². The molecule has 0 aromatic heterocycles. The van der Waals surface area contributed by atoms with Gasteiger partial charge in [-0.2, -0.15) is 0 Å². The first-order chi connectivity index (χ1) is 11.8. The third kappa shape index (κ3) is 6.70. The number of rotatable bonds is 9. The normalized spacial score (nSPS) is 19.8. The molecule has 0 amide bonds. The first-order valence-corrected chi connectivity index (χ1v) is 9.44. The van der Waals surface area contributed by atoms with Crippen molar-refractivity contribution < 1.29 is 9.47 Å². The Morgan fingerprint density at radius 1 is 1.12 bits per heavy atom. The van der Waals surface area contributed by atoms with E-state index < -0.39 is 0 Å². The molecule has 1 aliphatic rings. The molecule has 1 saturated heterocycles. The fraction of sp³-hybridized carbons (Fsp3) is 0.565. The Labute approximate surface area is 153 Å². The highest BCUT2D eigenvalue weighted by atomic mass is 16.6. The van der Waals surface area contributed by atoms with Crippen LogP contribution < -0.4 is 4.74 Å². The molecular formula is C23H34O2. The predicted octanol–water partition coefficient (Wildman–Crippen LogP) is 6.18. The summed E-state index contributed by atoms with van der Waals surface area (Å²) in [6, 6.07) is 6.43. The molecule has 2 nitrogen and oxygen atoms in total. The predicted molar refractivity (Wildman–Crippen MR) is 106 cm³/mol. The molecule has 0 radical (unpaired) electrons. The Kier molecular flexibility index (Phi) is 6.89. The molecule has 0 bridgehead atoms. The molecule has 1 aliphatic heterocycles. The second kappa shape index (κ2) is 8.71. The Hall–Kier alpha value is -1.54. The van der Waals surface area contributed by atoms with Gasteiger partial charge in [-0.3, -0.25) is 0 Å².